The van der Waals surface area contributed by atoms with Gasteiger partial charge in [-0.05, 0) is 29.7 Å². The van der Waals surface area contributed by atoms with E-state index >= 15 is 0 Å². The van der Waals surface area contributed by atoms with E-state index in [1.54, 1.807) is 6.07 Å². The maximum absolute atomic E-state index is 12.5. The van der Waals surface area contributed by atoms with Gasteiger partial charge in [0.2, 0.25) is 0 Å². The Bertz CT molecular complexity index is 752. The summed E-state index contributed by atoms with van der Waals surface area (Å²) in [6.07, 6.45) is 0.575. The molecular formula is C15H17NO3S2. The van der Waals surface area contributed by atoms with E-state index in [4.69, 9.17) is 0 Å². The molecule has 0 radical (unpaired) electrons. The molecule has 1 aromatic carbocycles. The van der Waals surface area contributed by atoms with Crippen LogP contribution < -0.4 is 4.72 Å². The molecule has 0 saturated carbocycles. The number of thiophene rings is 1. The second kappa shape index (κ2) is 5.53. The summed E-state index contributed by atoms with van der Waals surface area (Å²) < 4.78 is 27.9. The molecule has 1 aliphatic rings. The van der Waals surface area contributed by atoms with Gasteiger partial charge in [-0.2, -0.15) is 0 Å². The molecule has 21 heavy (non-hydrogen) atoms. The topological polar surface area (TPSA) is 66.4 Å². The van der Waals surface area contributed by atoms with Crippen LogP contribution in [-0.2, 0) is 22.9 Å². The first-order chi connectivity index (χ1) is 10.0. The molecule has 3 rings (SSSR count). The zero-order chi connectivity index (χ0) is 15.0. The Hall–Kier alpha value is -1.21. The van der Waals surface area contributed by atoms with Crippen LogP contribution in [0.2, 0.25) is 0 Å². The summed E-state index contributed by atoms with van der Waals surface area (Å²) in [6.45, 7) is 1.99. The summed E-state index contributed by atoms with van der Waals surface area (Å²) in [6, 6.07) is 10.4. The fraction of sp³-hybridized carbons (Fsp3) is 0.333. The van der Waals surface area contributed by atoms with Crippen molar-refractivity contribution in [1.29, 1.82) is 0 Å². The van der Waals surface area contributed by atoms with Crippen molar-refractivity contribution in [2.24, 2.45) is 0 Å². The van der Waals surface area contributed by atoms with Gasteiger partial charge in [0.25, 0.3) is 10.0 Å². The second-order valence-corrected chi connectivity index (χ2v) is 8.25. The van der Waals surface area contributed by atoms with Crippen molar-refractivity contribution in [3.63, 3.8) is 0 Å². The largest absolute Gasteiger partial charge is 0.391 e. The summed E-state index contributed by atoms with van der Waals surface area (Å²) in [7, 11) is -3.60. The highest BCUT2D eigenvalue weighted by atomic mass is 32.2. The maximum Gasteiger partial charge on any atom is 0.250 e. The molecule has 2 aromatic rings. The minimum absolute atomic E-state index is 0.302. The van der Waals surface area contributed by atoms with Crippen LogP contribution in [0.4, 0.5) is 0 Å². The van der Waals surface area contributed by atoms with Crippen LogP contribution in [0.3, 0.4) is 0 Å². The number of hydrogen-bond acceptors (Lipinski definition) is 4. The zero-order valence-electron chi connectivity index (χ0n) is 11.6. The molecule has 112 valence electrons. The molecule has 0 spiro atoms. The molecule has 0 aliphatic heterocycles. The molecule has 4 nitrogen and oxygen atoms in total. The minimum Gasteiger partial charge on any atom is -0.391 e. The van der Waals surface area contributed by atoms with E-state index in [1.807, 2.05) is 37.3 Å². The number of rotatable bonds is 4. The number of aliphatic hydroxyl groups excluding tert-OH is 1. The summed E-state index contributed by atoms with van der Waals surface area (Å²) in [5.41, 5.74) is 1.86. The van der Waals surface area contributed by atoms with Crippen LogP contribution in [-0.4, -0.2) is 19.6 Å². The first kappa shape index (κ1) is 14.7. The van der Waals surface area contributed by atoms with Gasteiger partial charge in [0.1, 0.15) is 4.21 Å². The lowest BCUT2D eigenvalue weighted by molar-refractivity contribution is 0.151. The van der Waals surface area contributed by atoms with Crippen molar-refractivity contribution in [1.82, 2.24) is 4.72 Å². The summed E-state index contributed by atoms with van der Waals surface area (Å²) in [4.78, 5) is 1.03. The van der Waals surface area contributed by atoms with Crippen LogP contribution in [0.1, 0.15) is 29.0 Å². The lowest BCUT2D eigenvalue weighted by Gasteiger charge is -2.17. The normalized spacial score (nSPS) is 21.4. The van der Waals surface area contributed by atoms with E-state index in [0.29, 0.717) is 10.6 Å². The van der Waals surface area contributed by atoms with Crippen LogP contribution in [0.5, 0.6) is 0 Å². The van der Waals surface area contributed by atoms with Gasteiger partial charge in [0.15, 0.2) is 0 Å². The van der Waals surface area contributed by atoms with Gasteiger partial charge < -0.3 is 5.11 Å². The van der Waals surface area contributed by atoms with Gasteiger partial charge in [-0.15, -0.1) is 11.3 Å². The van der Waals surface area contributed by atoms with Gasteiger partial charge in [0.05, 0.1) is 12.1 Å². The summed E-state index contributed by atoms with van der Waals surface area (Å²) in [5.74, 6) is 0. The summed E-state index contributed by atoms with van der Waals surface area (Å²) >= 11 is 1.27. The van der Waals surface area contributed by atoms with Crippen LogP contribution in [0.15, 0.2) is 40.6 Å². The molecule has 2 N–H and O–H groups in total. The van der Waals surface area contributed by atoms with Gasteiger partial charge in [-0.1, -0.05) is 31.2 Å². The highest BCUT2D eigenvalue weighted by Gasteiger charge is 2.34. The Morgan fingerprint density at radius 3 is 2.76 bits per heavy atom. The Morgan fingerprint density at radius 1 is 1.29 bits per heavy atom. The van der Waals surface area contributed by atoms with Crippen LogP contribution >= 0.6 is 11.3 Å². The fourth-order valence-corrected chi connectivity index (χ4v) is 5.19. The van der Waals surface area contributed by atoms with Gasteiger partial charge >= 0.3 is 0 Å². The predicted molar refractivity (Wildman–Crippen MR) is 82.9 cm³/mol. The molecule has 0 saturated heterocycles. The SMILES string of the molecule is CCc1ccc(S(=O)(=O)NC2c3ccccc3CC2O)s1. The van der Waals surface area contributed by atoms with Crippen molar-refractivity contribution in [3.05, 3.63) is 52.4 Å². The highest BCUT2D eigenvalue weighted by molar-refractivity contribution is 7.91. The third-order valence-corrected chi connectivity index (χ3v) is 6.90. The molecule has 0 fully saturated rings. The summed E-state index contributed by atoms with van der Waals surface area (Å²) in [5, 5.41) is 10.1. The van der Waals surface area contributed by atoms with Gasteiger partial charge in [-0.3, -0.25) is 0 Å². The number of benzene rings is 1. The Kier molecular flexibility index (Phi) is 3.88. The second-order valence-electron chi connectivity index (χ2n) is 5.14. The number of nitrogens with one attached hydrogen (secondary N) is 1. The number of sulfonamides is 1. The standard InChI is InChI=1S/C15H17NO3S2/c1-2-11-7-8-14(20-11)21(18,19)16-15-12-6-4-3-5-10(12)9-13(15)17/h3-8,13,15-17H,2,9H2,1H3. The average Bonchev–Trinajstić information content (AvgIpc) is 3.05. The van der Waals surface area contributed by atoms with Crippen molar-refractivity contribution < 1.29 is 13.5 Å². The molecule has 0 amide bonds. The first-order valence-corrected chi connectivity index (χ1v) is 9.18. The molecule has 6 heteroatoms. The van der Waals surface area contributed by atoms with E-state index in [1.165, 1.54) is 11.3 Å². The Balaban J connectivity index is 1.89. The minimum atomic E-state index is -3.60. The highest BCUT2D eigenvalue weighted by Crippen LogP contribution is 2.33. The van der Waals surface area contributed by atoms with Crippen molar-refractivity contribution in [2.75, 3.05) is 0 Å². The Labute approximate surface area is 128 Å². The molecule has 1 heterocycles. The quantitative estimate of drug-likeness (QED) is 0.907. The number of hydrogen-bond donors (Lipinski definition) is 2. The monoisotopic (exact) mass is 323 g/mol. The molecule has 1 aliphatic carbocycles. The lowest BCUT2D eigenvalue weighted by Crippen LogP contribution is -2.33. The van der Waals surface area contributed by atoms with E-state index in [9.17, 15) is 13.5 Å². The number of aliphatic hydroxyl groups is 1. The van der Waals surface area contributed by atoms with E-state index in [-0.39, 0.29) is 0 Å². The fourth-order valence-electron chi connectivity index (χ4n) is 2.63. The molecule has 1 aromatic heterocycles. The third kappa shape index (κ3) is 2.76. The van der Waals surface area contributed by atoms with E-state index in [2.05, 4.69) is 4.72 Å². The molecule has 2 atom stereocenters. The van der Waals surface area contributed by atoms with Gasteiger partial charge in [-0.25, -0.2) is 13.1 Å². The van der Waals surface area contributed by atoms with E-state index < -0.39 is 22.2 Å². The molecule has 2 unspecified atom stereocenters. The first-order valence-electron chi connectivity index (χ1n) is 6.88. The van der Waals surface area contributed by atoms with Crippen LogP contribution in [0.25, 0.3) is 0 Å². The van der Waals surface area contributed by atoms with E-state index in [0.717, 1.165) is 22.4 Å². The molecule has 0 bridgehead atoms. The van der Waals surface area contributed by atoms with Crippen molar-refractivity contribution in [2.45, 2.75) is 36.1 Å². The van der Waals surface area contributed by atoms with Crippen molar-refractivity contribution >= 4 is 21.4 Å². The lowest BCUT2D eigenvalue weighted by atomic mass is 10.1. The third-order valence-electron chi connectivity index (χ3n) is 3.74. The average molecular weight is 323 g/mol. The predicted octanol–water partition coefficient (Wildman–Crippen LogP) is 2.25. The molecular weight excluding hydrogens is 306 g/mol. The van der Waals surface area contributed by atoms with Gasteiger partial charge in [0, 0.05) is 11.3 Å². The Morgan fingerprint density at radius 2 is 2.05 bits per heavy atom. The maximum atomic E-state index is 12.5. The zero-order valence-corrected chi connectivity index (χ0v) is 13.2. The van der Waals surface area contributed by atoms with Crippen LogP contribution in [0, 0.1) is 0 Å². The number of aryl methyl sites for hydroxylation is 1. The number of fused-ring (bicyclic) bond motifs is 1. The van der Waals surface area contributed by atoms with Crippen molar-refractivity contribution in [3.8, 4) is 0 Å². The smallest absolute Gasteiger partial charge is 0.250 e.